The van der Waals surface area contributed by atoms with Crippen molar-refractivity contribution in [1.82, 2.24) is 35.1 Å². The van der Waals surface area contributed by atoms with Crippen molar-refractivity contribution in [3.05, 3.63) is 65.8 Å². The zero-order chi connectivity index (χ0) is 25.8. The summed E-state index contributed by atoms with van der Waals surface area (Å²) < 4.78 is 7.63. The number of nitrogens with zero attached hydrogens (tertiary/aromatic N) is 6. The quantitative estimate of drug-likeness (QED) is 0.330. The number of carbonyl (C=O) groups is 1. The van der Waals surface area contributed by atoms with Gasteiger partial charge in [0.2, 0.25) is 0 Å². The molecular weight excluding hydrogens is 504 g/mol. The van der Waals surface area contributed by atoms with E-state index in [4.69, 9.17) is 21.3 Å². The molecule has 7 rings (SSSR count). The lowest BCUT2D eigenvalue weighted by Crippen LogP contribution is -2.31. The summed E-state index contributed by atoms with van der Waals surface area (Å²) in [6.45, 7) is 5.05. The minimum Gasteiger partial charge on any atom is -0.492 e. The van der Waals surface area contributed by atoms with Crippen LogP contribution in [0, 0.1) is 17.8 Å². The van der Waals surface area contributed by atoms with E-state index in [0.29, 0.717) is 35.9 Å². The second-order valence-corrected chi connectivity index (χ2v) is 10.2. The van der Waals surface area contributed by atoms with E-state index in [1.807, 2.05) is 29.9 Å². The molecular formula is C27H25ClN8O2. The van der Waals surface area contributed by atoms with Gasteiger partial charge in [-0.05, 0) is 55.0 Å². The van der Waals surface area contributed by atoms with E-state index in [0.717, 1.165) is 52.3 Å². The second kappa shape index (κ2) is 8.98. The number of nitrogens with one attached hydrogen (secondary N) is 2. The fourth-order valence-corrected chi connectivity index (χ4v) is 5.93. The maximum atomic E-state index is 12.4. The molecule has 5 aromatic rings. The van der Waals surface area contributed by atoms with Crippen LogP contribution in [0.15, 0.2) is 55.1 Å². The Morgan fingerprint density at radius 3 is 2.84 bits per heavy atom. The first-order chi connectivity index (χ1) is 18.6. The molecule has 2 N–H and O–H groups in total. The maximum Gasteiger partial charge on any atom is 0.271 e. The summed E-state index contributed by atoms with van der Waals surface area (Å²) in [7, 11) is 0. The van der Waals surface area contributed by atoms with Crippen LogP contribution in [0.4, 0.5) is 5.82 Å². The van der Waals surface area contributed by atoms with E-state index in [9.17, 15) is 4.79 Å². The fourth-order valence-electron chi connectivity index (χ4n) is 5.72. The highest BCUT2D eigenvalue weighted by molar-refractivity contribution is 6.33. The molecule has 2 aliphatic rings. The summed E-state index contributed by atoms with van der Waals surface area (Å²) in [6, 6.07) is 9.61. The van der Waals surface area contributed by atoms with Crippen LogP contribution in [0.1, 0.15) is 17.4 Å². The number of H-pyrrole nitrogens is 1. The van der Waals surface area contributed by atoms with Gasteiger partial charge in [-0.15, -0.1) is 5.10 Å². The molecule has 3 atom stereocenters. The average Bonchev–Trinajstić information content (AvgIpc) is 3.32. The van der Waals surface area contributed by atoms with Gasteiger partial charge in [0.05, 0.1) is 34.9 Å². The molecule has 38 heavy (non-hydrogen) atoms. The maximum absolute atomic E-state index is 12.4. The lowest BCUT2D eigenvalue weighted by Gasteiger charge is -2.21. The number of rotatable bonds is 7. The summed E-state index contributed by atoms with van der Waals surface area (Å²) >= 11 is 6.10. The lowest BCUT2D eigenvalue weighted by atomic mass is 10.1. The van der Waals surface area contributed by atoms with Gasteiger partial charge in [-0.3, -0.25) is 9.89 Å². The van der Waals surface area contributed by atoms with E-state index >= 15 is 0 Å². The van der Waals surface area contributed by atoms with Crippen LogP contribution < -0.4 is 15.0 Å². The van der Waals surface area contributed by atoms with E-state index in [1.165, 1.54) is 0 Å². The Kier molecular flexibility index (Phi) is 5.43. The number of carbonyl (C=O) groups excluding carboxylic acids is 1. The van der Waals surface area contributed by atoms with Crippen molar-refractivity contribution >= 4 is 39.9 Å². The summed E-state index contributed by atoms with van der Waals surface area (Å²) in [6.07, 6.45) is 7.17. The molecule has 0 spiro atoms. The number of amides is 1. The summed E-state index contributed by atoms with van der Waals surface area (Å²) in [5.74, 6) is 3.08. The minimum atomic E-state index is -0.219. The number of ether oxygens (including phenoxy) is 1. The highest BCUT2D eigenvalue weighted by Crippen LogP contribution is 2.52. The number of piperidine rings is 1. The molecule has 1 aliphatic carbocycles. The molecule has 1 saturated carbocycles. The SMILES string of the molecule is CCOc1cc(-c2ccc(N3C[C@@H]4C(CNC(=O)c5ncccc5Cl)[C@@H]4C3)nc2)c2c3cn[nH]c3nn2c1. The topological polar surface area (TPSA) is 113 Å². The predicted molar refractivity (Wildman–Crippen MR) is 144 cm³/mol. The van der Waals surface area contributed by atoms with Crippen molar-refractivity contribution in [2.45, 2.75) is 6.92 Å². The molecule has 0 aromatic carbocycles. The van der Waals surface area contributed by atoms with Gasteiger partial charge < -0.3 is 15.0 Å². The number of aromatic amines is 1. The highest BCUT2D eigenvalue weighted by atomic mass is 35.5. The van der Waals surface area contributed by atoms with Crippen molar-refractivity contribution in [1.29, 1.82) is 0 Å². The molecule has 192 valence electrons. The second-order valence-electron chi connectivity index (χ2n) is 9.79. The number of pyridine rings is 3. The smallest absolute Gasteiger partial charge is 0.271 e. The summed E-state index contributed by atoms with van der Waals surface area (Å²) in [5.41, 5.74) is 3.95. The van der Waals surface area contributed by atoms with Gasteiger partial charge in [-0.25, -0.2) is 14.5 Å². The van der Waals surface area contributed by atoms with Crippen LogP contribution >= 0.6 is 11.6 Å². The largest absolute Gasteiger partial charge is 0.492 e. The van der Waals surface area contributed by atoms with Crippen LogP contribution in [-0.4, -0.2) is 61.9 Å². The third-order valence-corrected chi connectivity index (χ3v) is 7.94. The normalized spacial score (nSPS) is 20.2. The Balaban J connectivity index is 1.04. The van der Waals surface area contributed by atoms with Gasteiger partial charge in [0.15, 0.2) is 5.65 Å². The van der Waals surface area contributed by atoms with Gasteiger partial charge in [0, 0.05) is 43.2 Å². The van der Waals surface area contributed by atoms with Crippen LogP contribution in [0.3, 0.4) is 0 Å². The Labute approximate surface area is 223 Å². The number of anilines is 1. The van der Waals surface area contributed by atoms with Crippen molar-refractivity contribution < 1.29 is 9.53 Å². The molecule has 0 bridgehead atoms. The lowest BCUT2D eigenvalue weighted by molar-refractivity contribution is 0.0946. The standard InChI is InChI=1S/C27H25ClN8O2/c1-2-38-16-8-17(25-19-11-32-33-26(19)34-36(25)12-16)15-5-6-23(30-9-15)35-13-20-18(21(20)14-35)10-31-27(37)24-22(28)4-3-7-29-24/h3-9,11-12,18,20-21H,2,10,13-14H2,1H3,(H,31,37)(H,33,34)/t18?,20-,21+. The molecule has 1 aliphatic heterocycles. The number of fused-ring (bicyclic) bond motifs is 4. The van der Waals surface area contributed by atoms with Crippen molar-refractivity contribution in [3.8, 4) is 16.9 Å². The molecule has 0 radical (unpaired) electrons. The van der Waals surface area contributed by atoms with E-state index in [1.54, 1.807) is 24.5 Å². The molecule has 1 saturated heterocycles. The molecule has 10 nitrogen and oxygen atoms in total. The van der Waals surface area contributed by atoms with Crippen LogP contribution in [0.5, 0.6) is 5.75 Å². The third kappa shape index (κ3) is 3.83. The first-order valence-electron chi connectivity index (χ1n) is 12.7. The molecule has 2 fully saturated rings. The molecule has 5 aromatic heterocycles. The van der Waals surface area contributed by atoms with E-state index in [2.05, 4.69) is 42.6 Å². The molecule has 1 unspecified atom stereocenters. The Hall–Kier alpha value is -4.18. The molecule has 11 heteroatoms. The zero-order valence-corrected chi connectivity index (χ0v) is 21.4. The van der Waals surface area contributed by atoms with E-state index in [-0.39, 0.29) is 11.6 Å². The summed E-state index contributed by atoms with van der Waals surface area (Å²) in [4.78, 5) is 23.7. The number of halogens is 1. The van der Waals surface area contributed by atoms with Crippen LogP contribution in [0.25, 0.3) is 27.7 Å². The van der Waals surface area contributed by atoms with Gasteiger partial charge >= 0.3 is 0 Å². The Morgan fingerprint density at radius 2 is 2.08 bits per heavy atom. The van der Waals surface area contributed by atoms with Gasteiger partial charge in [-0.1, -0.05) is 11.6 Å². The molecule has 1 amide bonds. The first kappa shape index (κ1) is 23.0. The number of hydrogen-bond acceptors (Lipinski definition) is 7. The van der Waals surface area contributed by atoms with Crippen molar-refractivity contribution in [2.75, 3.05) is 31.1 Å². The van der Waals surface area contributed by atoms with Gasteiger partial charge in [-0.2, -0.15) is 5.10 Å². The Morgan fingerprint density at radius 1 is 1.21 bits per heavy atom. The molecule has 6 heterocycles. The highest BCUT2D eigenvalue weighted by Gasteiger charge is 2.55. The van der Waals surface area contributed by atoms with Crippen molar-refractivity contribution in [2.24, 2.45) is 17.8 Å². The third-order valence-electron chi connectivity index (χ3n) is 7.64. The predicted octanol–water partition coefficient (Wildman–Crippen LogP) is 3.83. The van der Waals surface area contributed by atoms with Crippen LogP contribution in [0.2, 0.25) is 5.02 Å². The van der Waals surface area contributed by atoms with Crippen LogP contribution in [-0.2, 0) is 0 Å². The fraction of sp³-hybridized carbons (Fsp3) is 0.296. The van der Waals surface area contributed by atoms with Gasteiger partial charge in [0.1, 0.15) is 17.3 Å². The monoisotopic (exact) mass is 528 g/mol. The zero-order valence-electron chi connectivity index (χ0n) is 20.6. The number of aromatic nitrogens is 6. The average molecular weight is 529 g/mol. The minimum absolute atomic E-state index is 0.219. The number of hydrogen-bond donors (Lipinski definition) is 2. The van der Waals surface area contributed by atoms with E-state index < -0.39 is 0 Å². The Bertz CT molecular complexity index is 1650. The summed E-state index contributed by atoms with van der Waals surface area (Å²) in [5, 5.41) is 16.0. The van der Waals surface area contributed by atoms with Crippen molar-refractivity contribution in [3.63, 3.8) is 0 Å². The first-order valence-corrected chi connectivity index (χ1v) is 13.1. The van der Waals surface area contributed by atoms with Gasteiger partial charge in [0.25, 0.3) is 5.91 Å².